The van der Waals surface area contributed by atoms with E-state index in [0.717, 1.165) is 43.9 Å². The van der Waals surface area contributed by atoms with Crippen molar-refractivity contribution in [2.75, 3.05) is 22.9 Å². The SMILES string of the molecule is CC1(C)C(=O)N(C/C=C\CN2C(=O)N(c3ccc(C#N)c(C(F)(F)F)c3)C(C)(C)C2=O)C(=O)N1c1ccc(C#N)c(C(F)(F)F)c1. The normalized spacial score (nSPS) is 18.2. The second-order valence-corrected chi connectivity index (χ2v) is 11.3. The zero-order valence-electron chi connectivity index (χ0n) is 24.6. The van der Waals surface area contributed by atoms with E-state index in [0.29, 0.717) is 12.1 Å². The number of halogens is 6. The van der Waals surface area contributed by atoms with Gasteiger partial charge in [-0.15, -0.1) is 0 Å². The molecule has 2 aromatic rings. The van der Waals surface area contributed by atoms with Gasteiger partial charge in [0.2, 0.25) is 0 Å². The maximum atomic E-state index is 13.5. The predicted molar refractivity (Wildman–Crippen MR) is 149 cm³/mol. The summed E-state index contributed by atoms with van der Waals surface area (Å²) < 4.78 is 81.3. The van der Waals surface area contributed by atoms with Crippen LogP contribution in [0.3, 0.4) is 0 Å². The molecule has 10 nitrogen and oxygen atoms in total. The lowest BCUT2D eigenvalue weighted by Crippen LogP contribution is -2.44. The molecule has 46 heavy (non-hydrogen) atoms. The number of anilines is 2. The van der Waals surface area contributed by atoms with Crippen molar-refractivity contribution in [3.8, 4) is 12.1 Å². The van der Waals surface area contributed by atoms with Crippen LogP contribution < -0.4 is 9.80 Å². The summed E-state index contributed by atoms with van der Waals surface area (Å²) in [6.45, 7) is 4.52. The highest BCUT2D eigenvalue weighted by molar-refractivity contribution is 6.17. The van der Waals surface area contributed by atoms with Crippen molar-refractivity contribution in [3.63, 3.8) is 0 Å². The number of carbonyl (C=O) groups is 4. The highest BCUT2D eigenvalue weighted by Gasteiger charge is 2.53. The third-order valence-electron chi connectivity index (χ3n) is 7.62. The summed E-state index contributed by atoms with van der Waals surface area (Å²) in [5.41, 5.74) is -7.68. The fraction of sp³-hybridized carbons (Fsp3) is 0.333. The molecule has 2 aliphatic heterocycles. The van der Waals surface area contributed by atoms with Gasteiger partial charge in [0.1, 0.15) is 11.1 Å². The van der Waals surface area contributed by atoms with E-state index in [1.165, 1.54) is 52.0 Å². The maximum absolute atomic E-state index is 13.5. The van der Waals surface area contributed by atoms with Gasteiger partial charge in [-0.2, -0.15) is 36.9 Å². The van der Waals surface area contributed by atoms with Gasteiger partial charge in [0, 0.05) is 24.5 Å². The van der Waals surface area contributed by atoms with Crippen molar-refractivity contribution in [3.05, 3.63) is 70.8 Å². The van der Waals surface area contributed by atoms with E-state index in [9.17, 15) is 45.5 Å². The number of hydrogen-bond acceptors (Lipinski definition) is 6. The molecule has 0 saturated carbocycles. The van der Waals surface area contributed by atoms with Crippen LogP contribution in [0.15, 0.2) is 48.6 Å². The second-order valence-electron chi connectivity index (χ2n) is 11.3. The summed E-state index contributed by atoms with van der Waals surface area (Å²) >= 11 is 0. The van der Waals surface area contributed by atoms with Crippen molar-refractivity contribution in [1.82, 2.24) is 9.80 Å². The van der Waals surface area contributed by atoms with Crippen molar-refractivity contribution in [2.45, 2.75) is 51.1 Å². The summed E-state index contributed by atoms with van der Waals surface area (Å²) in [5, 5.41) is 18.1. The Kier molecular flexibility index (Phi) is 8.16. The van der Waals surface area contributed by atoms with E-state index >= 15 is 0 Å². The molecule has 0 unspecified atom stereocenters. The fourth-order valence-electron chi connectivity index (χ4n) is 5.30. The number of benzene rings is 2. The topological polar surface area (TPSA) is 129 Å². The molecular formula is C30H24F6N6O4. The maximum Gasteiger partial charge on any atom is 0.417 e. The lowest BCUT2D eigenvalue weighted by molar-refractivity contribution is -0.138. The molecule has 2 aromatic carbocycles. The monoisotopic (exact) mass is 646 g/mol. The Bertz CT molecular complexity index is 1640. The Morgan fingerprint density at radius 3 is 1.26 bits per heavy atom. The second kappa shape index (κ2) is 11.2. The Labute approximate surface area is 258 Å². The van der Waals surface area contributed by atoms with Crippen LogP contribution in [0.2, 0.25) is 0 Å². The van der Waals surface area contributed by atoms with Crippen LogP contribution in [0.4, 0.5) is 47.3 Å². The molecule has 0 spiro atoms. The molecule has 2 heterocycles. The van der Waals surface area contributed by atoms with Gasteiger partial charge in [0.15, 0.2) is 0 Å². The molecule has 240 valence electrons. The molecule has 2 fully saturated rings. The number of nitriles is 2. The van der Waals surface area contributed by atoms with Gasteiger partial charge >= 0.3 is 24.4 Å². The van der Waals surface area contributed by atoms with Gasteiger partial charge in [-0.1, -0.05) is 12.2 Å². The zero-order chi connectivity index (χ0) is 34.6. The molecule has 6 amide bonds. The minimum Gasteiger partial charge on any atom is -0.279 e. The Morgan fingerprint density at radius 2 is 0.978 bits per heavy atom. The number of nitrogens with zero attached hydrogens (tertiary/aromatic N) is 6. The van der Waals surface area contributed by atoms with E-state index < -0.39 is 82.7 Å². The molecular weight excluding hydrogens is 622 g/mol. The Balaban J connectivity index is 1.54. The minimum absolute atomic E-state index is 0.270. The highest BCUT2D eigenvalue weighted by Crippen LogP contribution is 2.40. The summed E-state index contributed by atoms with van der Waals surface area (Å²) in [7, 11) is 0. The van der Waals surface area contributed by atoms with Crippen molar-refractivity contribution in [1.29, 1.82) is 10.5 Å². The zero-order valence-corrected chi connectivity index (χ0v) is 24.6. The molecule has 0 radical (unpaired) electrons. The van der Waals surface area contributed by atoms with Gasteiger partial charge in [0.05, 0.1) is 34.4 Å². The number of hydrogen-bond donors (Lipinski definition) is 0. The van der Waals surface area contributed by atoms with E-state index in [-0.39, 0.29) is 11.4 Å². The molecule has 0 N–H and O–H groups in total. The van der Waals surface area contributed by atoms with Gasteiger partial charge in [-0.25, -0.2) is 9.59 Å². The van der Waals surface area contributed by atoms with Crippen LogP contribution in [-0.2, 0) is 21.9 Å². The summed E-state index contributed by atoms with van der Waals surface area (Å²) in [6, 6.07) is 6.19. The van der Waals surface area contributed by atoms with E-state index in [1.54, 1.807) is 0 Å². The van der Waals surface area contributed by atoms with Crippen molar-refractivity contribution in [2.24, 2.45) is 0 Å². The van der Waals surface area contributed by atoms with Gasteiger partial charge < -0.3 is 0 Å². The number of urea groups is 2. The van der Waals surface area contributed by atoms with Gasteiger partial charge in [-0.3, -0.25) is 29.2 Å². The molecule has 2 aliphatic rings. The number of rotatable bonds is 6. The number of carbonyl (C=O) groups excluding carboxylic acids is 4. The fourth-order valence-corrected chi connectivity index (χ4v) is 5.30. The van der Waals surface area contributed by atoms with Gasteiger partial charge in [-0.05, 0) is 64.1 Å². The third kappa shape index (κ3) is 5.51. The van der Waals surface area contributed by atoms with E-state index in [2.05, 4.69) is 0 Å². The van der Waals surface area contributed by atoms with Crippen molar-refractivity contribution >= 4 is 35.3 Å². The van der Waals surface area contributed by atoms with Crippen molar-refractivity contribution < 1.29 is 45.5 Å². The first kappa shape index (κ1) is 33.5. The standard InChI is InChI=1S/C30H24F6N6O4/c1-27(2)23(43)39(25(45)41(27)19-9-7-17(15-37)21(13-19)29(31,32)33)11-5-6-12-40-24(44)28(3,4)42(26(40)46)20-10-8-18(16-38)22(14-20)30(34,35)36/h5-10,13-14H,11-12H2,1-4H3/b6-5-. The molecule has 4 rings (SSSR count). The number of alkyl halides is 6. The van der Waals surface area contributed by atoms with Crippen LogP contribution >= 0.6 is 0 Å². The molecule has 0 bridgehead atoms. The Morgan fingerprint density at radius 1 is 0.652 bits per heavy atom. The number of amides is 6. The summed E-state index contributed by atoms with van der Waals surface area (Å²) in [4.78, 5) is 56.0. The molecule has 2 saturated heterocycles. The quantitative estimate of drug-likeness (QED) is 0.221. The van der Waals surface area contributed by atoms with Crippen LogP contribution in [-0.4, -0.2) is 57.8 Å². The molecule has 0 aliphatic carbocycles. The van der Waals surface area contributed by atoms with Crippen LogP contribution in [0, 0.1) is 22.7 Å². The van der Waals surface area contributed by atoms with Crippen LogP contribution in [0.5, 0.6) is 0 Å². The predicted octanol–water partition coefficient (Wildman–Crippen LogP) is 5.82. The molecule has 16 heteroatoms. The van der Waals surface area contributed by atoms with Crippen LogP contribution in [0.25, 0.3) is 0 Å². The first-order valence-electron chi connectivity index (χ1n) is 13.4. The lowest BCUT2D eigenvalue weighted by atomic mass is 10.0. The number of imide groups is 2. The third-order valence-corrected chi connectivity index (χ3v) is 7.62. The first-order valence-corrected chi connectivity index (χ1v) is 13.4. The first-order chi connectivity index (χ1) is 21.2. The summed E-state index contributed by atoms with van der Waals surface area (Å²) in [5.74, 6) is -1.52. The van der Waals surface area contributed by atoms with Gasteiger partial charge in [0.25, 0.3) is 11.8 Å². The smallest absolute Gasteiger partial charge is 0.279 e. The Hall–Kier alpha value is -5.38. The minimum atomic E-state index is -4.91. The molecule has 0 atom stereocenters. The van der Waals surface area contributed by atoms with E-state index in [1.807, 2.05) is 0 Å². The highest BCUT2D eigenvalue weighted by atomic mass is 19.4. The largest absolute Gasteiger partial charge is 0.417 e. The molecule has 0 aromatic heterocycles. The average Bonchev–Trinajstić information content (AvgIpc) is 3.24. The average molecular weight is 647 g/mol. The summed E-state index contributed by atoms with van der Waals surface area (Å²) in [6.07, 6.45) is -7.27. The van der Waals surface area contributed by atoms with E-state index in [4.69, 9.17) is 10.5 Å². The van der Waals surface area contributed by atoms with Crippen LogP contribution in [0.1, 0.15) is 49.9 Å². The lowest BCUT2D eigenvalue weighted by Gasteiger charge is -2.28.